The topological polar surface area (TPSA) is 46.5 Å². The maximum absolute atomic E-state index is 9.25. The Morgan fingerprint density at radius 2 is 1.70 bits per heavy atom. The summed E-state index contributed by atoms with van der Waals surface area (Å²) in [6, 6.07) is 0. The monoisotopic (exact) mass is 228 g/mol. The van der Waals surface area contributed by atoms with Gasteiger partial charge in [0, 0.05) is 6.08 Å². The lowest BCUT2D eigenvalue weighted by Gasteiger charge is -1.64. The van der Waals surface area contributed by atoms with Gasteiger partial charge in [0.2, 0.25) is 0 Å². The zero-order valence-electron chi connectivity index (χ0n) is 4.71. The summed E-state index contributed by atoms with van der Waals surface area (Å²) in [5, 5.41) is 7.60. The van der Waals surface area contributed by atoms with Crippen LogP contribution in [0.25, 0.3) is 0 Å². The largest absolute Gasteiger partial charge is 0.478 e. The van der Waals surface area contributed by atoms with Crippen LogP contribution in [0.2, 0.25) is 0 Å². The highest BCUT2D eigenvalue weighted by Crippen LogP contribution is 1.78. The Morgan fingerprint density at radius 3 is 1.70 bits per heavy atom. The molecule has 10 heavy (non-hydrogen) atoms. The average Bonchev–Trinajstić information content (AvgIpc) is 1.69. The molecular formula is C3H7Cl3O3S. The van der Waals surface area contributed by atoms with Gasteiger partial charge in [-0.2, -0.15) is 17.3 Å². The van der Waals surface area contributed by atoms with Crippen molar-refractivity contribution in [2.75, 3.05) is 0 Å². The SMILES string of the molecule is C=CC(=O)O.Cl.ClOCl.S. The molecule has 0 atom stereocenters. The minimum absolute atomic E-state index is 0. The van der Waals surface area contributed by atoms with Crippen LogP contribution in [0.15, 0.2) is 12.7 Å². The molecule has 0 radical (unpaired) electrons. The van der Waals surface area contributed by atoms with Crippen LogP contribution < -0.4 is 0 Å². The van der Waals surface area contributed by atoms with Crippen LogP contribution in [0.1, 0.15) is 0 Å². The van der Waals surface area contributed by atoms with Crippen LogP contribution in [-0.2, 0) is 8.64 Å². The van der Waals surface area contributed by atoms with Crippen LogP contribution in [-0.4, -0.2) is 11.1 Å². The molecule has 0 aliphatic carbocycles. The summed E-state index contributed by atoms with van der Waals surface area (Å²) in [7, 11) is 0. The molecule has 7 heteroatoms. The van der Waals surface area contributed by atoms with Crippen LogP contribution >= 0.6 is 49.6 Å². The zero-order valence-corrected chi connectivity index (χ0v) is 8.04. The third-order valence-corrected chi connectivity index (χ3v) is 0.175. The Hall–Kier alpha value is 0.390. The first-order chi connectivity index (χ1) is 3.68. The molecule has 0 aromatic rings. The van der Waals surface area contributed by atoms with E-state index >= 15 is 0 Å². The third-order valence-electron chi connectivity index (χ3n) is 0.175. The molecule has 0 fully saturated rings. The molecule has 1 N–H and O–H groups in total. The highest BCUT2D eigenvalue weighted by Gasteiger charge is 1.73. The second-order valence-electron chi connectivity index (χ2n) is 0.601. The van der Waals surface area contributed by atoms with E-state index in [0.29, 0.717) is 0 Å². The van der Waals surface area contributed by atoms with Crippen molar-refractivity contribution >= 4 is 55.6 Å². The summed E-state index contributed by atoms with van der Waals surface area (Å²) < 4.78 is 3.19. The first-order valence-electron chi connectivity index (χ1n) is 1.43. The van der Waals surface area contributed by atoms with Crippen LogP contribution in [0.4, 0.5) is 0 Å². The molecule has 0 unspecified atom stereocenters. The Kier molecular flexibility index (Phi) is 51.0. The van der Waals surface area contributed by atoms with Gasteiger partial charge in [-0.3, -0.25) is 0 Å². The molecule has 0 aliphatic rings. The average molecular weight is 230 g/mol. The second kappa shape index (κ2) is 22.8. The quantitative estimate of drug-likeness (QED) is 0.701. The summed E-state index contributed by atoms with van der Waals surface area (Å²) in [6.45, 7) is 2.96. The van der Waals surface area contributed by atoms with E-state index in [1.165, 1.54) is 0 Å². The van der Waals surface area contributed by atoms with E-state index in [1.54, 1.807) is 0 Å². The van der Waals surface area contributed by atoms with E-state index < -0.39 is 5.97 Å². The summed E-state index contributed by atoms with van der Waals surface area (Å²) in [6.07, 6.45) is 0.833. The fourth-order valence-electron chi connectivity index (χ4n) is 0. The van der Waals surface area contributed by atoms with Crippen molar-refractivity contribution in [1.82, 2.24) is 0 Å². The maximum Gasteiger partial charge on any atom is 0.327 e. The van der Waals surface area contributed by atoms with E-state index in [9.17, 15) is 4.79 Å². The number of carbonyl (C=O) groups is 1. The molecule has 0 saturated carbocycles. The standard InChI is InChI=1S/C3H4O2.Cl2O.ClH.H2S/c1-2-3(4)5;1-3-2;;/h2H,1H2,(H,4,5);;1H;1H2. The van der Waals surface area contributed by atoms with Crippen molar-refractivity contribution in [2.45, 2.75) is 0 Å². The van der Waals surface area contributed by atoms with Gasteiger partial charge in [-0.05, 0) is 0 Å². The predicted octanol–water partition coefficient (Wildman–Crippen LogP) is 2.10. The molecular weight excluding hydrogens is 222 g/mol. The zero-order chi connectivity index (χ0) is 6.99. The van der Waals surface area contributed by atoms with Gasteiger partial charge in [0.15, 0.2) is 0 Å². The summed E-state index contributed by atoms with van der Waals surface area (Å²) in [5.41, 5.74) is 0. The Labute approximate surface area is 82.2 Å². The number of hydrogen-bond donors (Lipinski definition) is 1. The molecule has 0 spiro atoms. The van der Waals surface area contributed by atoms with Gasteiger partial charge in [0.25, 0.3) is 0 Å². The Bertz CT molecular complexity index is 79.4. The lowest BCUT2D eigenvalue weighted by atomic mass is 10.7. The van der Waals surface area contributed by atoms with E-state index in [4.69, 9.17) is 5.11 Å². The number of halogens is 3. The summed E-state index contributed by atoms with van der Waals surface area (Å²) >= 11 is 8.53. The van der Waals surface area contributed by atoms with Gasteiger partial charge in [-0.25, -0.2) is 4.79 Å². The fourth-order valence-corrected chi connectivity index (χ4v) is 0. The van der Waals surface area contributed by atoms with Crippen LogP contribution in [0, 0.1) is 0 Å². The Balaban J connectivity index is -0.0000000326. The van der Waals surface area contributed by atoms with Crippen LogP contribution in [0.5, 0.6) is 0 Å². The molecule has 0 rings (SSSR count). The Morgan fingerprint density at radius 1 is 1.60 bits per heavy atom. The number of hydrogen-bond acceptors (Lipinski definition) is 2. The smallest absolute Gasteiger partial charge is 0.327 e. The lowest BCUT2D eigenvalue weighted by molar-refractivity contribution is -0.131. The first kappa shape index (κ1) is 22.4. The highest BCUT2D eigenvalue weighted by molar-refractivity contribution is 7.59. The highest BCUT2D eigenvalue weighted by atomic mass is 35.6. The van der Waals surface area contributed by atoms with Gasteiger partial charge < -0.3 is 5.11 Å². The van der Waals surface area contributed by atoms with E-state index in [2.05, 4.69) is 34.2 Å². The van der Waals surface area contributed by atoms with Crippen LogP contribution in [0.3, 0.4) is 0 Å². The minimum atomic E-state index is -0.981. The molecule has 0 heterocycles. The van der Waals surface area contributed by atoms with E-state index in [0.717, 1.165) is 6.08 Å². The molecule has 0 aromatic carbocycles. The number of rotatable bonds is 1. The molecule has 0 aromatic heterocycles. The van der Waals surface area contributed by atoms with Crippen molar-refractivity contribution in [3.63, 3.8) is 0 Å². The number of carboxylic acid groups (broad SMARTS) is 1. The minimum Gasteiger partial charge on any atom is -0.478 e. The normalized spacial score (nSPS) is 5.00. The molecule has 0 aliphatic heterocycles. The molecule has 0 bridgehead atoms. The third kappa shape index (κ3) is 80.2. The van der Waals surface area contributed by atoms with Crippen molar-refractivity contribution in [2.24, 2.45) is 0 Å². The molecule has 0 amide bonds. The van der Waals surface area contributed by atoms with Crippen molar-refractivity contribution < 1.29 is 13.7 Å². The van der Waals surface area contributed by atoms with Crippen molar-refractivity contribution in [1.29, 1.82) is 0 Å². The molecule has 3 nitrogen and oxygen atoms in total. The fraction of sp³-hybridized carbons (Fsp3) is 0. The van der Waals surface area contributed by atoms with Gasteiger partial charge in [0.1, 0.15) is 0 Å². The number of aliphatic carboxylic acids is 1. The lowest BCUT2D eigenvalue weighted by Crippen LogP contribution is -1.82. The summed E-state index contributed by atoms with van der Waals surface area (Å²) in [4.78, 5) is 9.25. The maximum atomic E-state index is 9.25. The van der Waals surface area contributed by atoms with Crippen molar-refractivity contribution in [3.8, 4) is 0 Å². The number of carboxylic acids is 1. The molecule has 64 valence electrons. The molecule has 0 saturated heterocycles. The van der Waals surface area contributed by atoms with Gasteiger partial charge in [0.05, 0.1) is 23.7 Å². The summed E-state index contributed by atoms with van der Waals surface area (Å²) in [5.74, 6) is -0.981. The van der Waals surface area contributed by atoms with E-state index in [1.807, 2.05) is 0 Å². The predicted molar refractivity (Wildman–Crippen MR) is 48.3 cm³/mol. The van der Waals surface area contributed by atoms with Crippen molar-refractivity contribution in [3.05, 3.63) is 12.7 Å². The van der Waals surface area contributed by atoms with Gasteiger partial charge in [-0.1, -0.05) is 6.58 Å². The first-order valence-corrected chi connectivity index (χ1v) is 2.05. The second-order valence-corrected chi connectivity index (χ2v) is 1.07. The van der Waals surface area contributed by atoms with Gasteiger partial charge in [-0.15, -0.1) is 12.4 Å². The van der Waals surface area contributed by atoms with Gasteiger partial charge >= 0.3 is 5.97 Å². The van der Waals surface area contributed by atoms with E-state index in [-0.39, 0.29) is 25.9 Å².